The normalized spacial score (nSPS) is 14.7. The number of benzene rings is 3. The van der Waals surface area contributed by atoms with Gasteiger partial charge in [0.05, 0.1) is 17.3 Å². The standard InChI is InChI=1S/C37H40N6O2/c1-24-12-14-29(15-13-24)43-32(23-31(42-43)37(2,3)4)41-36(45)40-28-10-7-9-27(22-28)33(26-16-19-38-20-17-26)35(44)34-30-11-6-5-8-25(30)18-21-39-34/h5-15,18,21-23,26,33,38H,16-17,19-20H2,1-4H3,(H2,40,41,45). The molecule has 6 rings (SSSR count). The highest BCUT2D eigenvalue weighted by Gasteiger charge is 2.33. The fourth-order valence-corrected chi connectivity index (χ4v) is 6.09. The van der Waals surface area contributed by atoms with Crippen molar-refractivity contribution in [3.05, 3.63) is 114 Å². The van der Waals surface area contributed by atoms with Crippen LogP contribution in [-0.4, -0.2) is 39.7 Å². The molecule has 0 bridgehead atoms. The highest BCUT2D eigenvalue weighted by molar-refractivity contribution is 6.09. The summed E-state index contributed by atoms with van der Waals surface area (Å²) in [4.78, 5) is 32.3. The average molecular weight is 601 g/mol. The highest BCUT2D eigenvalue weighted by Crippen LogP contribution is 2.36. The number of pyridine rings is 1. The zero-order valence-electron chi connectivity index (χ0n) is 26.3. The molecule has 8 nitrogen and oxygen atoms in total. The molecule has 1 aliphatic heterocycles. The van der Waals surface area contributed by atoms with Crippen LogP contribution >= 0.6 is 0 Å². The Kier molecular flexibility index (Phi) is 8.50. The van der Waals surface area contributed by atoms with Gasteiger partial charge in [-0.25, -0.2) is 9.48 Å². The number of carbonyl (C=O) groups excluding carboxylic acids is 2. The number of urea groups is 1. The van der Waals surface area contributed by atoms with Gasteiger partial charge in [-0.15, -0.1) is 0 Å². The van der Waals surface area contributed by atoms with E-state index in [4.69, 9.17) is 5.10 Å². The fraction of sp³-hybridized carbons (Fsp3) is 0.297. The number of piperidine rings is 1. The number of nitrogens with zero attached hydrogens (tertiary/aromatic N) is 3. The molecule has 3 N–H and O–H groups in total. The van der Waals surface area contributed by atoms with E-state index in [1.807, 2.05) is 91.9 Å². The molecule has 5 aromatic rings. The van der Waals surface area contributed by atoms with Crippen molar-refractivity contribution in [1.29, 1.82) is 0 Å². The molecule has 1 unspecified atom stereocenters. The molecule has 2 aromatic heterocycles. The predicted octanol–water partition coefficient (Wildman–Crippen LogP) is 7.64. The predicted molar refractivity (Wildman–Crippen MR) is 180 cm³/mol. The van der Waals surface area contributed by atoms with Gasteiger partial charge in [0.2, 0.25) is 0 Å². The van der Waals surface area contributed by atoms with E-state index in [1.165, 1.54) is 0 Å². The van der Waals surface area contributed by atoms with Gasteiger partial charge in [-0.1, -0.05) is 74.9 Å². The number of carbonyl (C=O) groups is 2. The second kappa shape index (κ2) is 12.7. The Morgan fingerprint density at radius 2 is 1.67 bits per heavy atom. The van der Waals surface area contributed by atoms with Gasteiger partial charge in [0.15, 0.2) is 5.78 Å². The monoisotopic (exact) mass is 600 g/mol. The number of nitrogens with one attached hydrogen (secondary N) is 3. The van der Waals surface area contributed by atoms with Crippen LogP contribution in [0.1, 0.15) is 66.8 Å². The van der Waals surface area contributed by atoms with Crippen LogP contribution in [0.15, 0.2) is 91.1 Å². The summed E-state index contributed by atoms with van der Waals surface area (Å²) in [6.45, 7) is 10.1. The molecule has 0 saturated carbocycles. The Morgan fingerprint density at radius 1 is 0.911 bits per heavy atom. The van der Waals surface area contributed by atoms with Crippen LogP contribution in [0, 0.1) is 12.8 Å². The molecule has 1 aliphatic rings. The number of amides is 2. The number of aryl methyl sites for hydroxylation is 1. The van der Waals surface area contributed by atoms with Crippen LogP contribution in [0.4, 0.5) is 16.3 Å². The second-order valence-corrected chi connectivity index (χ2v) is 12.9. The minimum Gasteiger partial charge on any atom is -0.317 e. The topological polar surface area (TPSA) is 101 Å². The molecule has 45 heavy (non-hydrogen) atoms. The summed E-state index contributed by atoms with van der Waals surface area (Å²) in [5.74, 6) is 0.357. The molecule has 0 radical (unpaired) electrons. The minimum atomic E-state index is -0.388. The SMILES string of the molecule is Cc1ccc(-n2nc(C(C)(C)C)cc2NC(=O)Nc2cccc(C(C(=O)c3nccc4ccccc34)C3CCNCC3)c2)cc1. The van der Waals surface area contributed by atoms with Gasteiger partial charge in [0.25, 0.3) is 0 Å². The van der Waals surface area contributed by atoms with Crippen molar-refractivity contribution in [2.24, 2.45) is 5.92 Å². The van der Waals surface area contributed by atoms with Crippen LogP contribution in [0.2, 0.25) is 0 Å². The third-order valence-corrected chi connectivity index (χ3v) is 8.55. The lowest BCUT2D eigenvalue weighted by Crippen LogP contribution is -2.34. The molecular weight excluding hydrogens is 560 g/mol. The summed E-state index contributed by atoms with van der Waals surface area (Å²) in [6.07, 6.45) is 3.49. The van der Waals surface area contributed by atoms with Crippen LogP contribution in [0.3, 0.4) is 0 Å². The summed E-state index contributed by atoms with van der Waals surface area (Å²) < 4.78 is 1.76. The molecule has 2 amide bonds. The lowest BCUT2D eigenvalue weighted by molar-refractivity contribution is 0.0913. The first kappa shape index (κ1) is 30.2. The van der Waals surface area contributed by atoms with Crippen molar-refractivity contribution in [3.63, 3.8) is 0 Å². The first-order valence-corrected chi connectivity index (χ1v) is 15.6. The van der Waals surface area contributed by atoms with Crippen molar-refractivity contribution in [1.82, 2.24) is 20.1 Å². The van der Waals surface area contributed by atoms with Crippen LogP contribution in [0.25, 0.3) is 16.5 Å². The number of aromatic nitrogens is 3. The maximum absolute atomic E-state index is 14.3. The number of rotatable bonds is 7. The Bertz CT molecular complexity index is 1830. The van der Waals surface area contributed by atoms with Crippen molar-refractivity contribution >= 4 is 34.1 Å². The summed E-state index contributed by atoms with van der Waals surface area (Å²) in [6, 6.07) is 27.0. The molecule has 1 saturated heterocycles. The molecule has 3 aromatic carbocycles. The summed E-state index contributed by atoms with van der Waals surface area (Å²) in [7, 11) is 0. The van der Waals surface area contributed by atoms with Crippen LogP contribution in [-0.2, 0) is 5.41 Å². The summed E-state index contributed by atoms with van der Waals surface area (Å²) in [5, 5.41) is 16.1. The second-order valence-electron chi connectivity index (χ2n) is 12.9. The maximum Gasteiger partial charge on any atom is 0.324 e. The zero-order chi connectivity index (χ0) is 31.6. The van der Waals surface area contributed by atoms with Gasteiger partial charge in [0.1, 0.15) is 11.5 Å². The molecule has 1 fully saturated rings. The van der Waals surface area contributed by atoms with E-state index in [9.17, 15) is 9.59 Å². The van der Waals surface area contributed by atoms with E-state index < -0.39 is 0 Å². The van der Waals surface area contributed by atoms with E-state index >= 15 is 0 Å². The molecular formula is C37H40N6O2. The van der Waals surface area contributed by atoms with Crippen molar-refractivity contribution < 1.29 is 9.59 Å². The van der Waals surface area contributed by atoms with Crippen LogP contribution < -0.4 is 16.0 Å². The lowest BCUT2D eigenvalue weighted by atomic mass is 9.76. The van der Waals surface area contributed by atoms with Gasteiger partial charge >= 0.3 is 6.03 Å². The third kappa shape index (κ3) is 6.66. The van der Waals surface area contributed by atoms with E-state index in [-0.39, 0.29) is 29.1 Å². The average Bonchev–Trinajstić information content (AvgIpc) is 3.46. The number of fused-ring (bicyclic) bond motifs is 1. The third-order valence-electron chi connectivity index (χ3n) is 8.55. The molecule has 0 spiro atoms. The van der Waals surface area contributed by atoms with E-state index in [0.717, 1.165) is 59.2 Å². The summed E-state index contributed by atoms with van der Waals surface area (Å²) in [5.41, 5.74) is 4.65. The van der Waals surface area contributed by atoms with Crippen molar-refractivity contribution in [2.45, 2.75) is 51.9 Å². The van der Waals surface area contributed by atoms with Crippen molar-refractivity contribution in [3.8, 4) is 5.69 Å². The number of Topliss-reactive ketones (excluding diaryl/α,β-unsaturated/α-hetero) is 1. The minimum absolute atomic E-state index is 0.0111. The zero-order valence-corrected chi connectivity index (χ0v) is 26.3. The molecule has 0 aliphatic carbocycles. The molecule has 3 heterocycles. The molecule has 8 heteroatoms. The number of hydrogen-bond donors (Lipinski definition) is 3. The first-order valence-electron chi connectivity index (χ1n) is 15.6. The number of ketones is 1. The maximum atomic E-state index is 14.3. The van der Waals surface area contributed by atoms with E-state index in [1.54, 1.807) is 10.9 Å². The van der Waals surface area contributed by atoms with Gasteiger partial charge in [-0.2, -0.15) is 5.10 Å². The smallest absolute Gasteiger partial charge is 0.317 e. The highest BCUT2D eigenvalue weighted by atomic mass is 16.2. The number of anilines is 2. The van der Waals surface area contributed by atoms with Gasteiger partial charge in [0, 0.05) is 28.8 Å². The Labute approximate surface area is 264 Å². The molecule has 230 valence electrons. The Hall–Kier alpha value is -4.82. The summed E-state index contributed by atoms with van der Waals surface area (Å²) >= 11 is 0. The van der Waals surface area contributed by atoms with E-state index in [2.05, 4.69) is 41.7 Å². The fourth-order valence-electron chi connectivity index (χ4n) is 6.09. The first-order chi connectivity index (χ1) is 21.7. The van der Waals surface area contributed by atoms with Crippen LogP contribution in [0.5, 0.6) is 0 Å². The number of hydrogen-bond acceptors (Lipinski definition) is 5. The molecule has 1 atom stereocenters. The Balaban J connectivity index is 1.28. The van der Waals surface area contributed by atoms with Crippen molar-refractivity contribution in [2.75, 3.05) is 23.7 Å². The van der Waals surface area contributed by atoms with Gasteiger partial charge in [-0.3, -0.25) is 15.1 Å². The lowest BCUT2D eigenvalue weighted by Gasteiger charge is -2.30. The van der Waals surface area contributed by atoms with Gasteiger partial charge < -0.3 is 10.6 Å². The largest absolute Gasteiger partial charge is 0.324 e. The van der Waals surface area contributed by atoms with Gasteiger partial charge in [-0.05, 0) is 80.1 Å². The Morgan fingerprint density at radius 3 is 2.42 bits per heavy atom. The van der Waals surface area contributed by atoms with E-state index in [0.29, 0.717) is 17.2 Å². The quantitative estimate of drug-likeness (QED) is 0.167.